The van der Waals surface area contributed by atoms with Crippen LogP contribution in [0.1, 0.15) is 314 Å². The van der Waals surface area contributed by atoms with Crippen molar-refractivity contribution in [2.24, 2.45) is 44.8 Å². The van der Waals surface area contributed by atoms with Crippen LogP contribution in [0.2, 0.25) is 0 Å². The number of likely N-dealkylation sites (tertiary alicyclic amines) is 6. The fraction of sp³-hybridized carbons (Fsp3) is 0.959. The zero-order valence-corrected chi connectivity index (χ0v) is 93.2. The van der Waals surface area contributed by atoms with Gasteiger partial charge < -0.3 is 0 Å². The Morgan fingerprint density at radius 2 is 0.438 bits per heavy atom. The molecule has 128 heavy (non-hydrogen) atoms. The first-order valence-electron chi connectivity index (χ1n) is 49.0. The molecule has 0 aromatic carbocycles. The second-order valence-corrected chi connectivity index (χ2v) is 65.5. The van der Waals surface area contributed by atoms with E-state index in [1.807, 2.05) is 0 Å². The summed E-state index contributed by atoms with van der Waals surface area (Å²) < 4.78 is 163. The maximum atomic E-state index is 12.9. The van der Waals surface area contributed by atoms with Crippen molar-refractivity contribution < 1.29 is 50.5 Å². The van der Waals surface area contributed by atoms with Crippen molar-refractivity contribution in [2.45, 2.75) is 397 Å². The number of sulfonamides is 6. The lowest BCUT2D eigenvalue weighted by molar-refractivity contribution is 0.0651. The molecule has 25 nitrogen and oxygen atoms in total. The van der Waals surface area contributed by atoms with Gasteiger partial charge in [-0.2, -0.15) is 21.5 Å². The van der Waals surface area contributed by atoms with Crippen molar-refractivity contribution in [3.8, 4) is 0 Å². The van der Waals surface area contributed by atoms with E-state index in [2.05, 4.69) is 310 Å². The van der Waals surface area contributed by atoms with Crippen molar-refractivity contribution in [1.29, 1.82) is 0 Å². The molecule has 12 heterocycles. The second kappa shape index (κ2) is 40.8. The van der Waals surface area contributed by atoms with Gasteiger partial charge in [-0.3, -0.25) is 34.3 Å². The second-order valence-electron chi connectivity index (χ2n) is 52.3. The molecule has 4 unspecified atom stereocenters. The Labute approximate surface area is 787 Å². The molecule has 0 saturated carbocycles. The highest BCUT2D eigenvalue weighted by Crippen LogP contribution is 2.44. The lowest BCUT2D eigenvalue weighted by Gasteiger charge is -2.50. The van der Waals surface area contributed by atoms with Crippen molar-refractivity contribution in [1.82, 2.24) is 60.1 Å². The van der Waals surface area contributed by atoms with Crippen LogP contribution in [0.25, 0.3) is 0 Å². The van der Waals surface area contributed by atoms with Gasteiger partial charge in [0.05, 0.1) is 0 Å². The average molecular weight is 1920 g/mol. The van der Waals surface area contributed by atoms with Crippen LogP contribution in [0.15, 0.2) is 23.3 Å². The number of hydrogen-bond donors (Lipinski definition) is 0. The molecule has 0 radical (unpaired) electrons. The summed E-state index contributed by atoms with van der Waals surface area (Å²) in [5.41, 5.74) is 4.39. The normalized spacial score (nSPS) is 26.5. The van der Waals surface area contributed by atoms with E-state index in [9.17, 15) is 50.5 Å². The van der Waals surface area contributed by atoms with E-state index in [0.29, 0.717) is 162 Å². The van der Waals surface area contributed by atoms with Crippen molar-refractivity contribution in [2.75, 3.05) is 157 Å². The SMILES string of the molecule is CC(C)(C)C1=CCN(S(=O)(=O)C2CN(C(C)(C)C)C2)CC1.CC(C)(C)C1=CCN(S(=O)(=O)C2CN(C(C)(C)C)C2)CC1.CC(C)(C)C1CCN(S(=O)(=O)C2CN(C(C)(C)C)C2)CC1.CC(C)(C)N1CCN(S(=O)(=O)C2CN(C(C)(C)C)C2)CC1.CC1CC(C(C)(C)C)CCN1S(=O)(=O)C1CN(C(C)(C)C)C1.CC1CC(C(C)(C)C)CCN1S(=O)(=O)C1CN(C(C)(C)C)C1. The van der Waals surface area contributed by atoms with Gasteiger partial charge in [-0.05, 0) is 255 Å². The molecule has 0 N–H and O–H groups in total. The third-order valence-corrected chi connectivity index (χ3v) is 44.1. The van der Waals surface area contributed by atoms with Gasteiger partial charge in [-0.15, -0.1) is 0 Å². The van der Waals surface area contributed by atoms with E-state index < -0.39 is 60.1 Å². The molecule has 12 rings (SSSR count). The van der Waals surface area contributed by atoms with Crippen LogP contribution in [0.3, 0.4) is 0 Å². The molecule has 0 amide bonds. The van der Waals surface area contributed by atoms with Gasteiger partial charge in [-0.25, -0.2) is 54.8 Å². The van der Waals surface area contributed by atoms with E-state index in [4.69, 9.17) is 0 Å². The van der Waals surface area contributed by atoms with Gasteiger partial charge in [0.1, 0.15) is 31.5 Å². The minimum atomic E-state index is -3.14. The molecule has 12 aliphatic rings. The third-order valence-electron chi connectivity index (χ3n) is 30.6. The first-order valence-corrected chi connectivity index (χ1v) is 58.0. The number of nitrogens with zero attached hydrogens (tertiary/aromatic N) is 13. The molecule has 0 spiro atoms. The Hall–Kier alpha value is -1.34. The van der Waals surface area contributed by atoms with Crippen molar-refractivity contribution in [3.05, 3.63) is 23.3 Å². The molecule has 10 fully saturated rings. The third kappa shape index (κ3) is 28.9. The maximum absolute atomic E-state index is 12.9. The Kier molecular flexibility index (Phi) is 36.3. The maximum Gasteiger partial charge on any atom is 0.219 e. The van der Waals surface area contributed by atoms with Gasteiger partial charge in [0.2, 0.25) is 60.1 Å². The molecular formula is C97H191N13O12S6. The smallest absolute Gasteiger partial charge is 0.219 e. The fourth-order valence-corrected chi connectivity index (χ4v) is 31.0. The van der Waals surface area contributed by atoms with Crippen LogP contribution >= 0.6 is 0 Å². The van der Waals surface area contributed by atoms with Crippen LogP contribution in [-0.2, 0) is 60.1 Å². The van der Waals surface area contributed by atoms with Gasteiger partial charge in [-0.1, -0.05) is 127 Å². The Morgan fingerprint density at radius 3 is 0.625 bits per heavy atom. The lowest BCUT2D eigenvalue weighted by atomic mass is 9.74. The topological polar surface area (TPSA) is 247 Å². The fourth-order valence-electron chi connectivity index (χ4n) is 19.6. The quantitative estimate of drug-likeness (QED) is 0.165. The van der Waals surface area contributed by atoms with Crippen LogP contribution in [0, 0.1) is 44.8 Å². The molecule has 12 aliphatic heterocycles. The first kappa shape index (κ1) is 114. The summed E-state index contributed by atoms with van der Waals surface area (Å²) in [7, 11) is -18.8. The summed E-state index contributed by atoms with van der Waals surface area (Å²) in [6, 6.07) is 0.262. The largest absolute Gasteiger partial charge is 0.296 e. The lowest BCUT2D eigenvalue weighted by Crippen LogP contribution is -2.65. The summed E-state index contributed by atoms with van der Waals surface area (Å²) in [5.74, 6) is 1.86. The van der Waals surface area contributed by atoms with E-state index in [0.717, 1.165) is 64.5 Å². The summed E-state index contributed by atoms with van der Waals surface area (Å²) in [5, 5.41) is -1.26. The molecule has 31 heteroatoms. The minimum Gasteiger partial charge on any atom is -0.296 e. The summed E-state index contributed by atoms with van der Waals surface area (Å²) in [6.45, 7) is 98.9. The highest BCUT2D eigenvalue weighted by Gasteiger charge is 2.53. The molecule has 4 atom stereocenters. The summed E-state index contributed by atoms with van der Waals surface area (Å²) in [4.78, 5) is 15.8. The zero-order valence-electron chi connectivity index (χ0n) is 88.3. The summed E-state index contributed by atoms with van der Waals surface area (Å²) >= 11 is 0. The molecule has 0 bridgehead atoms. The molecule has 0 aromatic heterocycles. The molecule has 0 aromatic rings. The Bertz CT molecular complexity index is 4120. The highest BCUT2D eigenvalue weighted by molar-refractivity contribution is 7.91. The highest BCUT2D eigenvalue weighted by atomic mass is 32.2. The van der Waals surface area contributed by atoms with Gasteiger partial charge in [0.25, 0.3) is 0 Å². The monoisotopic (exact) mass is 1920 g/mol. The van der Waals surface area contributed by atoms with Crippen LogP contribution in [0.5, 0.6) is 0 Å². The Balaban J connectivity index is 0.000000210. The predicted molar refractivity (Wildman–Crippen MR) is 535 cm³/mol. The summed E-state index contributed by atoms with van der Waals surface area (Å²) in [6.07, 6.45) is 11.9. The number of hydrogen-bond acceptors (Lipinski definition) is 19. The van der Waals surface area contributed by atoms with Gasteiger partial charge in [0.15, 0.2) is 0 Å². The van der Waals surface area contributed by atoms with Crippen LogP contribution in [0.4, 0.5) is 0 Å². The number of piperazine rings is 1. The number of rotatable bonds is 12. The van der Waals surface area contributed by atoms with E-state index in [-0.39, 0.29) is 109 Å². The van der Waals surface area contributed by atoms with Crippen molar-refractivity contribution in [3.63, 3.8) is 0 Å². The average Bonchev–Trinajstić information content (AvgIpc) is 0.959. The Morgan fingerprint density at radius 1 is 0.234 bits per heavy atom. The first-order chi connectivity index (χ1) is 57.3. The van der Waals surface area contributed by atoms with Gasteiger partial charge >= 0.3 is 0 Å². The van der Waals surface area contributed by atoms with E-state index in [1.165, 1.54) is 11.1 Å². The number of piperidine rings is 3. The molecule has 10 saturated heterocycles. The molecule has 752 valence electrons. The minimum absolute atomic E-state index is 0.0627. The van der Waals surface area contributed by atoms with Crippen molar-refractivity contribution >= 4 is 60.1 Å². The van der Waals surface area contributed by atoms with E-state index >= 15 is 0 Å². The van der Waals surface area contributed by atoms with Gasteiger partial charge in [0, 0.05) is 208 Å². The molecular weight excluding hydrogens is 1730 g/mol. The predicted octanol–water partition coefficient (Wildman–Crippen LogP) is 14.6. The standard InChI is InChI=1S/2C17H34N2O2S.C16H32N2O2S.2C16H30N2O2S.C15H31N3O2S/c2*1-13-10-14(16(2,3)4)8-9-19(13)22(20,21)15-11-18(12-15)17(5,6)7;3*1-15(2,3)13-7-9-18(10-8-13)21(19,20)14-11-17(12-14)16(4,5)6;1-14(2,3)16-7-9-18(10-8-16)21(19,20)13-11-17(12-13)15(4,5)6/h2*13-15H,8-12H2,1-7H3;13-14H,7-12H2,1-6H3;2*7,14H,8-12H2,1-6H3;13H,7-12H2,1-6H3. The zero-order chi connectivity index (χ0) is 98.1. The van der Waals surface area contributed by atoms with E-state index in [1.54, 1.807) is 25.8 Å². The molecule has 0 aliphatic carbocycles. The van der Waals surface area contributed by atoms with Crippen LogP contribution < -0.4 is 0 Å². The van der Waals surface area contributed by atoms with Crippen LogP contribution in [-0.4, -0.2) is 350 Å².